The molecule has 2 aromatic rings. The summed E-state index contributed by atoms with van der Waals surface area (Å²) in [5.74, 6) is 0.0386. The van der Waals surface area contributed by atoms with Crippen molar-refractivity contribution >= 4 is 11.7 Å². The fraction of sp³-hybridized carbons (Fsp3) is 0.368. The van der Waals surface area contributed by atoms with Gasteiger partial charge in [-0.3, -0.25) is 4.79 Å². The van der Waals surface area contributed by atoms with Crippen molar-refractivity contribution in [1.29, 1.82) is 0 Å². The number of aromatic nitrogens is 1. The third-order valence-corrected chi connectivity index (χ3v) is 4.30. The van der Waals surface area contributed by atoms with E-state index in [1.165, 1.54) is 18.2 Å². The van der Waals surface area contributed by atoms with Crippen LogP contribution in [-0.2, 0) is 17.5 Å². The van der Waals surface area contributed by atoms with E-state index in [4.69, 9.17) is 4.74 Å². The highest BCUT2D eigenvalue weighted by atomic mass is 19.4. The summed E-state index contributed by atoms with van der Waals surface area (Å²) in [7, 11) is 0. The Morgan fingerprint density at radius 3 is 2.74 bits per heavy atom. The number of anilines is 1. The van der Waals surface area contributed by atoms with Crippen LogP contribution in [0.4, 0.5) is 19.0 Å². The predicted molar refractivity (Wildman–Crippen MR) is 94.5 cm³/mol. The number of nitrogens with one attached hydrogen (secondary N) is 1. The van der Waals surface area contributed by atoms with Gasteiger partial charge in [0.25, 0.3) is 5.91 Å². The van der Waals surface area contributed by atoms with Crippen LogP contribution in [0.2, 0.25) is 0 Å². The lowest BCUT2D eigenvalue weighted by Crippen LogP contribution is -2.41. The number of hydrogen-bond donors (Lipinski definition) is 1. The topological polar surface area (TPSA) is 54.5 Å². The number of benzene rings is 1. The Kier molecular flexibility index (Phi) is 5.65. The maximum absolute atomic E-state index is 13.0. The van der Waals surface area contributed by atoms with E-state index < -0.39 is 23.2 Å². The largest absolute Gasteiger partial charge is 0.417 e. The molecule has 2 heterocycles. The summed E-state index contributed by atoms with van der Waals surface area (Å²) >= 11 is 0. The third kappa shape index (κ3) is 4.77. The Hall–Kier alpha value is -2.61. The van der Waals surface area contributed by atoms with Crippen LogP contribution in [0.15, 0.2) is 42.6 Å². The second-order valence-electron chi connectivity index (χ2n) is 6.38. The van der Waals surface area contributed by atoms with Crippen LogP contribution in [0.5, 0.6) is 0 Å². The van der Waals surface area contributed by atoms with Gasteiger partial charge in [0.2, 0.25) is 0 Å². The minimum Gasteiger partial charge on any atom is -0.375 e. The molecule has 0 spiro atoms. The molecule has 1 aliphatic rings. The van der Waals surface area contributed by atoms with Gasteiger partial charge in [-0.2, -0.15) is 13.2 Å². The van der Waals surface area contributed by atoms with Gasteiger partial charge in [0.05, 0.1) is 23.8 Å². The molecule has 0 saturated carbocycles. The first-order chi connectivity index (χ1) is 12.8. The molecule has 144 valence electrons. The summed E-state index contributed by atoms with van der Waals surface area (Å²) in [5.41, 5.74) is -0.632. The highest BCUT2D eigenvalue weighted by Gasteiger charge is 2.34. The molecule has 1 aromatic carbocycles. The lowest BCUT2D eigenvalue weighted by Gasteiger charge is -2.32. The third-order valence-electron chi connectivity index (χ3n) is 4.30. The zero-order valence-electron chi connectivity index (χ0n) is 14.8. The van der Waals surface area contributed by atoms with E-state index in [9.17, 15) is 18.0 Å². The van der Waals surface area contributed by atoms with E-state index >= 15 is 0 Å². The van der Waals surface area contributed by atoms with Crippen LogP contribution in [0.25, 0.3) is 0 Å². The maximum atomic E-state index is 13.0. The summed E-state index contributed by atoms with van der Waals surface area (Å²) in [6, 6.07) is 8.37. The molecular weight excluding hydrogens is 359 g/mol. The maximum Gasteiger partial charge on any atom is 0.417 e. The number of hydrogen-bond acceptors (Lipinski definition) is 4. The molecule has 0 aliphatic carbocycles. The van der Waals surface area contributed by atoms with Gasteiger partial charge in [-0.1, -0.05) is 18.2 Å². The van der Waals surface area contributed by atoms with Crippen LogP contribution in [0.1, 0.15) is 28.4 Å². The van der Waals surface area contributed by atoms with E-state index in [2.05, 4.69) is 15.2 Å². The van der Waals surface area contributed by atoms with E-state index in [0.717, 1.165) is 25.0 Å². The van der Waals surface area contributed by atoms with Crippen molar-refractivity contribution < 1.29 is 22.7 Å². The first kappa shape index (κ1) is 19.2. The number of rotatable bonds is 4. The fourth-order valence-electron chi connectivity index (χ4n) is 2.94. The number of halogens is 3. The van der Waals surface area contributed by atoms with Crippen LogP contribution < -0.4 is 10.2 Å². The number of pyridine rings is 1. The van der Waals surface area contributed by atoms with Crippen molar-refractivity contribution in [2.24, 2.45) is 0 Å². The number of ether oxygens (including phenoxy) is 1. The molecule has 1 atom stereocenters. The van der Waals surface area contributed by atoms with E-state index in [0.29, 0.717) is 12.2 Å². The Balaban J connectivity index is 1.63. The van der Waals surface area contributed by atoms with Crippen molar-refractivity contribution in [1.82, 2.24) is 10.3 Å². The van der Waals surface area contributed by atoms with Crippen LogP contribution in [0, 0.1) is 0 Å². The first-order valence-corrected chi connectivity index (χ1v) is 8.60. The summed E-state index contributed by atoms with van der Waals surface area (Å²) in [6.45, 7) is 4.23. The number of carbonyl (C=O) groups is 1. The average Bonchev–Trinajstić information content (AvgIpc) is 2.66. The van der Waals surface area contributed by atoms with Crippen molar-refractivity contribution in [3.63, 3.8) is 0 Å². The molecule has 0 bridgehead atoms. The normalized spacial score (nSPS) is 17.6. The fourth-order valence-corrected chi connectivity index (χ4v) is 2.94. The van der Waals surface area contributed by atoms with Gasteiger partial charge in [-0.25, -0.2) is 4.98 Å². The molecule has 27 heavy (non-hydrogen) atoms. The average molecular weight is 379 g/mol. The molecule has 1 unspecified atom stereocenters. The monoisotopic (exact) mass is 379 g/mol. The molecule has 8 heteroatoms. The molecule has 1 amide bonds. The minimum atomic E-state index is -4.58. The Morgan fingerprint density at radius 1 is 1.30 bits per heavy atom. The van der Waals surface area contributed by atoms with Crippen LogP contribution in [-0.4, -0.2) is 36.7 Å². The lowest BCUT2D eigenvalue weighted by molar-refractivity contribution is -0.137. The van der Waals surface area contributed by atoms with E-state index in [1.807, 2.05) is 13.0 Å². The quantitative estimate of drug-likeness (QED) is 0.886. The van der Waals surface area contributed by atoms with Gasteiger partial charge in [0.1, 0.15) is 5.82 Å². The second-order valence-corrected chi connectivity index (χ2v) is 6.38. The molecular formula is C19H20F3N3O2. The predicted octanol–water partition coefficient (Wildman–Crippen LogP) is 3.26. The molecule has 1 saturated heterocycles. The lowest BCUT2D eigenvalue weighted by atomic mass is 10.1. The molecule has 1 aromatic heterocycles. The zero-order chi connectivity index (χ0) is 19.4. The number of morpholine rings is 1. The smallest absolute Gasteiger partial charge is 0.375 e. The summed E-state index contributed by atoms with van der Waals surface area (Å²) < 4.78 is 44.5. The molecule has 3 rings (SSSR count). The van der Waals surface area contributed by atoms with Gasteiger partial charge in [-0.05, 0) is 30.7 Å². The van der Waals surface area contributed by atoms with Gasteiger partial charge in [0.15, 0.2) is 0 Å². The Bertz CT molecular complexity index is 794. The van der Waals surface area contributed by atoms with Crippen molar-refractivity contribution in [2.45, 2.75) is 25.7 Å². The summed E-state index contributed by atoms with van der Waals surface area (Å²) in [4.78, 5) is 18.7. The Labute approximate surface area is 155 Å². The molecule has 1 fully saturated rings. The van der Waals surface area contributed by atoms with Crippen molar-refractivity contribution in [3.05, 3.63) is 59.3 Å². The highest BCUT2D eigenvalue weighted by Crippen LogP contribution is 2.31. The molecule has 0 radical (unpaired) electrons. The number of carbonyl (C=O) groups excluding carboxylic acids is 1. The zero-order valence-corrected chi connectivity index (χ0v) is 14.8. The van der Waals surface area contributed by atoms with Crippen molar-refractivity contribution in [2.75, 3.05) is 24.6 Å². The number of nitrogens with zero attached hydrogens (tertiary/aromatic N) is 2. The van der Waals surface area contributed by atoms with Gasteiger partial charge in [-0.15, -0.1) is 0 Å². The summed E-state index contributed by atoms with van der Waals surface area (Å²) in [5, 5.41) is 2.52. The minimum absolute atomic E-state index is 0.0951. The molecule has 1 aliphatic heterocycles. The van der Waals surface area contributed by atoms with Crippen molar-refractivity contribution in [3.8, 4) is 0 Å². The van der Waals surface area contributed by atoms with Crippen LogP contribution >= 0.6 is 0 Å². The van der Waals surface area contributed by atoms with Crippen LogP contribution in [0.3, 0.4) is 0 Å². The summed E-state index contributed by atoms with van der Waals surface area (Å²) in [6.07, 6.45) is -2.83. The second kappa shape index (κ2) is 7.96. The van der Waals surface area contributed by atoms with E-state index in [-0.39, 0.29) is 12.6 Å². The molecule has 1 N–H and O–H groups in total. The van der Waals surface area contributed by atoms with Gasteiger partial charge in [0, 0.05) is 25.8 Å². The van der Waals surface area contributed by atoms with Gasteiger partial charge < -0.3 is 15.0 Å². The highest BCUT2D eigenvalue weighted by molar-refractivity contribution is 5.95. The van der Waals surface area contributed by atoms with Gasteiger partial charge >= 0.3 is 6.18 Å². The van der Waals surface area contributed by atoms with E-state index in [1.54, 1.807) is 12.3 Å². The molecule has 5 nitrogen and oxygen atoms in total. The number of amides is 1. The first-order valence-electron chi connectivity index (χ1n) is 8.60. The number of alkyl halides is 3. The Morgan fingerprint density at radius 2 is 2.07 bits per heavy atom. The SMILES string of the molecule is CC1CN(c2ccc(CNC(=O)c3ccccc3C(F)(F)F)cn2)CCO1. The standard InChI is InChI=1S/C19H20F3N3O2/c1-13-12-25(8-9-27-13)17-7-6-14(10-23-17)11-24-18(26)15-4-2-3-5-16(15)19(20,21)22/h2-7,10,13H,8-9,11-12H2,1H3,(H,24,26).